The van der Waals surface area contributed by atoms with Crippen molar-refractivity contribution in [3.8, 4) is 5.75 Å². The normalized spacial score (nSPS) is 16.7. The molecule has 2 aromatic heterocycles. The van der Waals surface area contributed by atoms with Gasteiger partial charge >= 0.3 is 4.87 Å². The molecule has 43 heavy (non-hydrogen) atoms. The van der Waals surface area contributed by atoms with E-state index in [1.54, 1.807) is 13.3 Å². The Morgan fingerprint density at radius 1 is 1.00 bits per heavy atom. The van der Waals surface area contributed by atoms with Crippen LogP contribution in [0, 0.1) is 0 Å². The Morgan fingerprint density at radius 2 is 1.63 bits per heavy atom. The summed E-state index contributed by atoms with van der Waals surface area (Å²) in [4.78, 5) is 40.1. The first-order valence-corrected chi connectivity index (χ1v) is 15.3. The fraction of sp³-hybridized carbons (Fsp3) is 0.226. The fourth-order valence-corrected chi connectivity index (χ4v) is 7.04. The van der Waals surface area contributed by atoms with Crippen molar-refractivity contribution in [1.82, 2.24) is 19.6 Å². The number of hydroxylamine groups is 2. The van der Waals surface area contributed by atoms with Crippen LogP contribution in [0.1, 0.15) is 22.9 Å². The summed E-state index contributed by atoms with van der Waals surface area (Å²) in [5.74, 6) is 1.12. The average molecular weight is 616 g/mol. The van der Waals surface area contributed by atoms with Gasteiger partial charge in [0, 0.05) is 12.8 Å². The van der Waals surface area contributed by atoms with Crippen molar-refractivity contribution >= 4 is 45.3 Å². The Morgan fingerprint density at radius 3 is 2.23 bits per heavy atom. The molecule has 0 saturated carbocycles. The van der Waals surface area contributed by atoms with E-state index in [1.165, 1.54) is 30.5 Å². The van der Waals surface area contributed by atoms with E-state index in [2.05, 4.69) is 34.6 Å². The van der Waals surface area contributed by atoms with Crippen LogP contribution in [-0.4, -0.2) is 58.0 Å². The van der Waals surface area contributed by atoms with Crippen molar-refractivity contribution < 1.29 is 19.1 Å². The minimum absolute atomic E-state index is 0.243. The zero-order chi connectivity index (χ0) is 30.0. The summed E-state index contributed by atoms with van der Waals surface area (Å²) in [6.07, 6.45) is 0.966. The van der Waals surface area contributed by atoms with Crippen LogP contribution >= 0.6 is 23.1 Å². The number of rotatable bonds is 9. The number of likely N-dealkylation sites (N-methyl/N-ethyl adjacent to an activating group) is 1. The van der Waals surface area contributed by atoms with Gasteiger partial charge in [0.25, 0.3) is 5.91 Å². The number of ether oxygens (including phenoxy) is 2. The highest BCUT2D eigenvalue weighted by Crippen LogP contribution is 2.40. The minimum atomic E-state index is -0.897. The van der Waals surface area contributed by atoms with Crippen molar-refractivity contribution in [2.75, 3.05) is 32.3 Å². The molecule has 1 aliphatic heterocycles. The molecule has 3 aromatic carbocycles. The number of carbonyl (C=O) groups is 1. The van der Waals surface area contributed by atoms with Crippen LogP contribution in [-0.2, 0) is 19.9 Å². The van der Waals surface area contributed by atoms with Crippen LogP contribution in [0.2, 0.25) is 0 Å². The summed E-state index contributed by atoms with van der Waals surface area (Å²) < 4.78 is 13.6. The Bertz CT molecular complexity index is 1740. The molecule has 10 nitrogen and oxygen atoms in total. The van der Waals surface area contributed by atoms with Crippen LogP contribution in [0.25, 0.3) is 10.3 Å². The lowest BCUT2D eigenvalue weighted by atomic mass is 9.77. The predicted octanol–water partition coefficient (Wildman–Crippen LogP) is 4.87. The van der Waals surface area contributed by atoms with Crippen LogP contribution in [0.4, 0.5) is 5.95 Å². The second-order valence-corrected chi connectivity index (χ2v) is 11.8. The third-order valence-corrected chi connectivity index (χ3v) is 9.31. The molecule has 0 bridgehead atoms. The van der Waals surface area contributed by atoms with E-state index < -0.39 is 17.2 Å². The number of nitrogens with one attached hydrogen (secondary N) is 1. The quantitative estimate of drug-likeness (QED) is 0.184. The van der Waals surface area contributed by atoms with Gasteiger partial charge in [-0.1, -0.05) is 84.1 Å². The van der Waals surface area contributed by atoms with Gasteiger partial charge in [-0.2, -0.15) is 4.98 Å². The smallest absolute Gasteiger partial charge is 0.311 e. The molecule has 2 unspecified atom stereocenters. The zero-order valence-electron chi connectivity index (χ0n) is 23.7. The molecule has 0 radical (unpaired) electrons. The van der Waals surface area contributed by atoms with Gasteiger partial charge in [-0.3, -0.25) is 19.0 Å². The zero-order valence-corrected chi connectivity index (χ0v) is 25.3. The highest BCUT2D eigenvalue weighted by Gasteiger charge is 2.39. The first-order valence-electron chi connectivity index (χ1n) is 13.4. The van der Waals surface area contributed by atoms with Crippen LogP contribution in [0.15, 0.2) is 95.9 Å². The van der Waals surface area contributed by atoms with Gasteiger partial charge in [-0.05, 0) is 28.8 Å². The molecule has 3 heterocycles. The summed E-state index contributed by atoms with van der Waals surface area (Å²) >= 11 is 2.35. The number of nitrogens with zero attached hydrogens (tertiary/aromatic N) is 4. The summed E-state index contributed by atoms with van der Waals surface area (Å²) in [6, 6.07) is 28.0. The lowest BCUT2D eigenvalue weighted by molar-refractivity contribution is -0.177. The fourth-order valence-electron chi connectivity index (χ4n) is 5.15. The number of hydrogen-bond donors (Lipinski definition) is 1. The molecule has 12 heteroatoms. The maximum atomic E-state index is 13.2. The number of fused-ring (bicyclic) bond motifs is 1. The number of anilines is 1. The molecule has 2 atom stereocenters. The Hall–Kier alpha value is -4.23. The Labute approximate surface area is 256 Å². The molecule has 1 fully saturated rings. The van der Waals surface area contributed by atoms with Crippen LogP contribution in [0.5, 0.6) is 5.75 Å². The van der Waals surface area contributed by atoms with Crippen molar-refractivity contribution in [2.45, 2.75) is 17.2 Å². The van der Waals surface area contributed by atoms with E-state index in [9.17, 15) is 9.59 Å². The van der Waals surface area contributed by atoms with Crippen molar-refractivity contribution in [2.24, 2.45) is 0 Å². The SMILES string of the molecule is COc1ccc(C(Nc2ncc3sc(=O)n(C4CSC(C(=O)N(C)OC)O4)c3n2)(c2ccccc2)c2ccccc2)cc1. The van der Waals surface area contributed by atoms with Crippen molar-refractivity contribution in [3.05, 3.63) is 117 Å². The molecule has 220 valence electrons. The number of aromatic nitrogens is 3. The average Bonchev–Trinajstić information content (AvgIpc) is 3.67. The third kappa shape index (κ3) is 5.38. The number of benzene rings is 3. The maximum Gasteiger partial charge on any atom is 0.311 e. The number of hydrogen-bond acceptors (Lipinski definition) is 10. The molecular weight excluding hydrogens is 587 g/mol. The Kier molecular flexibility index (Phi) is 8.17. The molecule has 1 N–H and O–H groups in total. The molecule has 0 aliphatic carbocycles. The maximum absolute atomic E-state index is 13.2. The molecular formula is C31H29N5O5S2. The van der Waals surface area contributed by atoms with E-state index >= 15 is 0 Å². The highest BCUT2D eigenvalue weighted by atomic mass is 32.2. The van der Waals surface area contributed by atoms with Crippen molar-refractivity contribution in [3.63, 3.8) is 0 Å². The van der Waals surface area contributed by atoms with E-state index in [4.69, 9.17) is 19.3 Å². The van der Waals surface area contributed by atoms with E-state index in [0.29, 0.717) is 22.0 Å². The lowest BCUT2D eigenvalue weighted by Crippen LogP contribution is -2.38. The number of amides is 1. The molecule has 0 spiro atoms. The largest absolute Gasteiger partial charge is 0.497 e. The van der Waals surface area contributed by atoms with E-state index in [1.807, 2.05) is 60.7 Å². The van der Waals surface area contributed by atoms with Gasteiger partial charge in [0.15, 0.2) is 17.3 Å². The molecule has 1 amide bonds. The number of thioether (sulfide) groups is 1. The first-order chi connectivity index (χ1) is 20.9. The van der Waals surface area contributed by atoms with Gasteiger partial charge in [0.2, 0.25) is 5.95 Å². The van der Waals surface area contributed by atoms with Crippen LogP contribution < -0.4 is 14.9 Å². The van der Waals surface area contributed by atoms with Crippen LogP contribution in [0.3, 0.4) is 0 Å². The first kappa shape index (κ1) is 28.9. The molecule has 1 saturated heterocycles. The predicted molar refractivity (Wildman–Crippen MR) is 167 cm³/mol. The van der Waals surface area contributed by atoms with Gasteiger partial charge in [-0.15, -0.1) is 11.8 Å². The van der Waals surface area contributed by atoms with Gasteiger partial charge in [0.1, 0.15) is 11.3 Å². The second-order valence-electron chi connectivity index (χ2n) is 9.73. The summed E-state index contributed by atoms with van der Waals surface area (Å²) in [6.45, 7) is 0. The number of carbonyl (C=O) groups excluding carboxylic acids is 1. The van der Waals surface area contributed by atoms with Gasteiger partial charge < -0.3 is 14.8 Å². The topological polar surface area (TPSA) is 108 Å². The van der Waals surface area contributed by atoms with Gasteiger partial charge in [0.05, 0.1) is 25.1 Å². The summed E-state index contributed by atoms with van der Waals surface area (Å²) in [5, 5.41) is 4.77. The van der Waals surface area contributed by atoms with Crippen molar-refractivity contribution in [1.29, 1.82) is 0 Å². The highest BCUT2D eigenvalue weighted by molar-refractivity contribution is 8.00. The second kappa shape index (κ2) is 12.2. The minimum Gasteiger partial charge on any atom is -0.497 e. The van der Waals surface area contributed by atoms with E-state index in [-0.39, 0.29) is 10.8 Å². The Balaban J connectivity index is 1.46. The third-order valence-electron chi connectivity index (χ3n) is 7.34. The monoisotopic (exact) mass is 615 g/mol. The number of methoxy groups -OCH3 is 1. The van der Waals surface area contributed by atoms with E-state index in [0.717, 1.165) is 38.8 Å². The molecule has 5 aromatic rings. The summed E-state index contributed by atoms with van der Waals surface area (Å²) in [5.41, 5.74) is 1.61. The molecule has 6 rings (SSSR count). The van der Waals surface area contributed by atoms with Gasteiger partial charge in [-0.25, -0.2) is 10.0 Å². The lowest BCUT2D eigenvalue weighted by Gasteiger charge is -2.37. The summed E-state index contributed by atoms with van der Waals surface area (Å²) in [7, 11) is 4.57. The standard InChI is InChI=1S/C31H29N5O5S2/c1-35(40-3)27(37)28-41-25(19-42-28)36-26-24(43-30(36)38)18-32-29(33-26)34-31(20-10-6-4-7-11-20,21-12-8-5-9-13-21)22-14-16-23(39-2)17-15-22/h4-18,25,28H,19H2,1-3H3,(H,32,33,34). The number of thiazole rings is 1. The molecule has 1 aliphatic rings.